The molecule has 1 heterocycles. The fourth-order valence-electron chi connectivity index (χ4n) is 5.37. The molecule has 0 bridgehead atoms. The summed E-state index contributed by atoms with van der Waals surface area (Å²) in [7, 11) is 0. The predicted molar refractivity (Wildman–Crippen MR) is 135 cm³/mol. The Bertz CT molecular complexity index is 1320. The molecule has 2 aliphatic rings. The third kappa shape index (κ3) is 5.15. The largest absolute Gasteiger partial charge is 0.445 e. The number of carbonyl (C=O) groups excluding carboxylic acids is 2. The van der Waals surface area contributed by atoms with Crippen molar-refractivity contribution in [1.82, 2.24) is 5.32 Å². The number of ether oxygens (including phenoxy) is 2. The van der Waals surface area contributed by atoms with Gasteiger partial charge in [0.2, 0.25) is 0 Å². The Hall–Kier alpha value is -3.61. The molecule has 0 radical (unpaired) electrons. The highest BCUT2D eigenvalue weighted by atomic mass is 16.5. The van der Waals surface area contributed by atoms with Crippen molar-refractivity contribution >= 4 is 23.0 Å². The zero-order chi connectivity index (χ0) is 25.1. The number of carbonyl (C=O) groups is 2. The number of benzene rings is 2. The molecule has 7 heteroatoms. The average Bonchev–Trinajstić information content (AvgIpc) is 3.40. The van der Waals surface area contributed by atoms with E-state index in [-0.39, 0.29) is 24.1 Å². The van der Waals surface area contributed by atoms with Gasteiger partial charge in [-0.05, 0) is 81.0 Å². The van der Waals surface area contributed by atoms with Crippen LogP contribution in [0, 0.1) is 18.8 Å². The maximum atomic E-state index is 12.9. The Morgan fingerprint density at radius 2 is 1.75 bits per heavy atom. The first-order valence-corrected chi connectivity index (χ1v) is 12.7. The van der Waals surface area contributed by atoms with Gasteiger partial charge in [-0.1, -0.05) is 30.3 Å². The van der Waals surface area contributed by atoms with Gasteiger partial charge in [0.15, 0.2) is 0 Å². The average molecular weight is 490 g/mol. The van der Waals surface area contributed by atoms with Gasteiger partial charge in [0, 0.05) is 23.1 Å². The van der Waals surface area contributed by atoms with Gasteiger partial charge in [-0.2, -0.15) is 0 Å². The number of aryl methyl sites for hydroxylation is 2. The van der Waals surface area contributed by atoms with Crippen molar-refractivity contribution in [3.63, 3.8) is 0 Å². The van der Waals surface area contributed by atoms with Crippen molar-refractivity contribution in [3.05, 3.63) is 75.1 Å². The van der Waals surface area contributed by atoms with Crippen molar-refractivity contribution in [2.75, 3.05) is 6.54 Å². The molecule has 0 aliphatic heterocycles. The van der Waals surface area contributed by atoms with Crippen LogP contribution >= 0.6 is 0 Å². The Balaban J connectivity index is 1.12. The lowest BCUT2D eigenvalue weighted by Crippen LogP contribution is -2.33. The smallest absolute Gasteiger partial charge is 0.407 e. The standard InChI is InChI=1S/C29H31NO6/c1-18-25(15-14-23-22-8-5-9-24(22)28(32)36-26(18)23)35-27(31)21-12-10-19(11-13-21)16-30-29(33)34-17-20-6-3-2-4-7-20/h2-4,6-7,14-15,19,21H,5,8-13,16-17H2,1H3,(H,30,33). The molecule has 1 saturated carbocycles. The van der Waals surface area contributed by atoms with Crippen LogP contribution in [0.4, 0.5) is 4.79 Å². The third-order valence-electron chi connectivity index (χ3n) is 7.48. The zero-order valence-corrected chi connectivity index (χ0v) is 20.5. The highest BCUT2D eigenvalue weighted by molar-refractivity contribution is 5.87. The first-order chi connectivity index (χ1) is 17.5. The van der Waals surface area contributed by atoms with Crippen molar-refractivity contribution < 1.29 is 23.5 Å². The SMILES string of the molecule is Cc1c(OC(=O)C2CCC(CNC(=O)OCc3ccccc3)CC2)ccc2c3c(c(=O)oc12)CCC3. The molecule has 1 N–H and O–H groups in total. The van der Waals surface area contributed by atoms with Crippen LogP contribution in [0.2, 0.25) is 0 Å². The highest BCUT2D eigenvalue weighted by Gasteiger charge is 2.29. The lowest BCUT2D eigenvalue weighted by atomic mass is 9.82. The molecule has 1 amide bonds. The molecule has 0 saturated heterocycles. The second-order valence-electron chi connectivity index (χ2n) is 9.85. The summed E-state index contributed by atoms with van der Waals surface area (Å²) in [5.41, 5.74) is 3.71. The molecule has 188 valence electrons. The van der Waals surface area contributed by atoms with Crippen LogP contribution in [-0.4, -0.2) is 18.6 Å². The minimum absolute atomic E-state index is 0.187. The number of alkyl carbamates (subject to hydrolysis) is 1. The van der Waals surface area contributed by atoms with E-state index >= 15 is 0 Å². The van der Waals surface area contributed by atoms with E-state index in [2.05, 4.69) is 5.32 Å². The molecule has 7 nitrogen and oxygen atoms in total. The quantitative estimate of drug-likeness (QED) is 0.290. The van der Waals surface area contributed by atoms with Gasteiger partial charge >= 0.3 is 17.7 Å². The van der Waals surface area contributed by atoms with E-state index in [0.29, 0.717) is 42.2 Å². The van der Waals surface area contributed by atoms with E-state index in [1.165, 1.54) is 0 Å². The number of fused-ring (bicyclic) bond motifs is 3. The summed E-state index contributed by atoms with van der Waals surface area (Å²) in [5, 5.41) is 3.78. The van der Waals surface area contributed by atoms with E-state index in [9.17, 15) is 14.4 Å². The Kier molecular flexibility index (Phi) is 7.07. The number of hydrogen-bond donors (Lipinski definition) is 1. The molecule has 5 rings (SSSR count). The topological polar surface area (TPSA) is 94.8 Å². The van der Waals surface area contributed by atoms with Crippen molar-refractivity contribution in [1.29, 1.82) is 0 Å². The van der Waals surface area contributed by atoms with Crippen LogP contribution in [-0.2, 0) is 29.0 Å². The summed E-state index contributed by atoms with van der Waals surface area (Å²) < 4.78 is 16.6. The zero-order valence-electron chi connectivity index (χ0n) is 20.5. The van der Waals surface area contributed by atoms with E-state index in [1.54, 1.807) is 0 Å². The predicted octanol–water partition coefficient (Wildman–Crippen LogP) is 5.23. The van der Waals surface area contributed by atoms with Gasteiger partial charge in [-0.3, -0.25) is 4.79 Å². The first kappa shape index (κ1) is 24.1. The summed E-state index contributed by atoms with van der Waals surface area (Å²) in [6.45, 7) is 2.60. The summed E-state index contributed by atoms with van der Waals surface area (Å²) in [6, 6.07) is 13.3. The second kappa shape index (κ2) is 10.6. The lowest BCUT2D eigenvalue weighted by molar-refractivity contribution is -0.140. The fraction of sp³-hybridized carbons (Fsp3) is 0.414. The molecule has 2 aliphatic carbocycles. The lowest BCUT2D eigenvalue weighted by Gasteiger charge is -2.27. The summed E-state index contributed by atoms with van der Waals surface area (Å²) in [5.74, 6) is 0.304. The van der Waals surface area contributed by atoms with Crippen LogP contribution in [0.15, 0.2) is 51.7 Å². The molecule has 0 atom stereocenters. The maximum Gasteiger partial charge on any atom is 0.407 e. The van der Waals surface area contributed by atoms with Crippen molar-refractivity contribution in [3.8, 4) is 5.75 Å². The molecule has 0 spiro atoms. The molecule has 2 aromatic carbocycles. The summed E-state index contributed by atoms with van der Waals surface area (Å²) in [6.07, 6.45) is 5.24. The normalized spacial score (nSPS) is 19.0. The highest BCUT2D eigenvalue weighted by Crippen LogP contribution is 2.35. The van der Waals surface area contributed by atoms with E-state index in [1.807, 2.05) is 49.4 Å². The van der Waals surface area contributed by atoms with Crippen LogP contribution in [0.25, 0.3) is 11.0 Å². The molecule has 36 heavy (non-hydrogen) atoms. The van der Waals surface area contributed by atoms with Crippen LogP contribution in [0.3, 0.4) is 0 Å². The second-order valence-corrected chi connectivity index (χ2v) is 9.85. The molecular weight excluding hydrogens is 458 g/mol. The van der Waals surface area contributed by atoms with E-state index in [0.717, 1.165) is 54.2 Å². The van der Waals surface area contributed by atoms with Crippen LogP contribution in [0.5, 0.6) is 5.75 Å². The molecule has 1 aromatic heterocycles. The fourth-order valence-corrected chi connectivity index (χ4v) is 5.37. The number of hydrogen-bond acceptors (Lipinski definition) is 6. The van der Waals surface area contributed by atoms with Gasteiger partial charge in [-0.25, -0.2) is 9.59 Å². The summed E-state index contributed by atoms with van der Waals surface area (Å²) >= 11 is 0. The van der Waals surface area contributed by atoms with Gasteiger partial charge < -0.3 is 19.2 Å². The maximum absolute atomic E-state index is 12.9. The summed E-state index contributed by atoms with van der Waals surface area (Å²) in [4.78, 5) is 37.3. The van der Waals surface area contributed by atoms with Crippen LogP contribution < -0.4 is 15.7 Å². The third-order valence-corrected chi connectivity index (χ3v) is 7.48. The van der Waals surface area contributed by atoms with Gasteiger partial charge in [-0.15, -0.1) is 0 Å². The number of esters is 1. The Morgan fingerprint density at radius 3 is 2.53 bits per heavy atom. The molecule has 3 aromatic rings. The Labute approximate surface area is 209 Å². The molecule has 1 fully saturated rings. The minimum atomic E-state index is -0.426. The first-order valence-electron chi connectivity index (χ1n) is 12.7. The minimum Gasteiger partial charge on any atom is -0.445 e. The van der Waals surface area contributed by atoms with Crippen LogP contribution in [0.1, 0.15) is 54.4 Å². The van der Waals surface area contributed by atoms with E-state index < -0.39 is 6.09 Å². The molecular formula is C29H31NO6. The van der Waals surface area contributed by atoms with Crippen molar-refractivity contribution in [2.45, 2.75) is 58.5 Å². The van der Waals surface area contributed by atoms with E-state index in [4.69, 9.17) is 13.9 Å². The number of rotatable bonds is 6. The van der Waals surface area contributed by atoms with Gasteiger partial charge in [0.25, 0.3) is 0 Å². The van der Waals surface area contributed by atoms with Gasteiger partial charge in [0.1, 0.15) is 17.9 Å². The van der Waals surface area contributed by atoms with Gasteiger partial charge in [0.05, 0.1) is 5.92 Å². The number of amides is 1. The molecule has 0 unspecified atom stereocenters. The van der Waals surface area contributed by atoms with Crippen molar-refractivity contribution in [2.24, 2.45) is 11.8 Å². The Morgan fingerprint density at radius 1 is 1.00 bits per heavy atom. The number of nitrogens with one attached hydrogen (secondary N) is 1. The monoisotopic (exact) mass is 489 g/mol.